The van der Waals surface area contributed by atoms with Crippen molar-refractivity contribution in [1.29, 1.82) is 0 Å². The number of carbonyl (C=O) groups excluding carboxylic acids is 1. The number of methoxy groups -OCH3 is 1. The summed E-state index contributed by atoms with van der Waals surface area (Å²) >= 11 is 1.16. The van der Waals surface area contributed by atoms with Crippen LogP contribution in [-0.4, -0.2) is 22.4 Å². The third kappa shape index (κ3) is 3.61. The number of hydrogen-bond acceptors (Lipinski definition) is 5. The molecule has 0 atom stereocenters. The molecule has 0 saturated carbocycles. The van der Waals surface area contributed by atoms with Crippen LogP contribution in [0.2, 0.25) is 0 Å². The predicted molar refractivity (Wildman–Crippen MR) is 90.5 cm³/mol. The van der Waals surface area contributed by atoms with Gasteiger partial charge in [0.15, 0.2) is 5.82 Å². The molecule has 1 amide bonds. The number of nitrogens with one attached hydrogen (secondary N) is 1. The molecule has 3 aromatic rings. The summed E-state index contributed by atoms with van der Waals surface area (Å²) in [4.78, 5) is 16.8. The van der Waals surface area contributed by atoms with Gasteiger partial charge in [0.05, 0.1) is 6.61 Å². The van der Waals surface area contributed by atoms with Gasteiger partial charge in [0.2, 0.25) is 5.13 Å². The lowest BCUT2D eigenvalue weighted by atomic mass is 10.1. The molecule has 0 spiro atoms. The van der Waals surface area contributed by atoms with Crippen LogP contribution in [0.4, 0.5) is 5.13 Å². The summed E-state index contributed by atoms with van der Waals surface area (Å²) in [5, 5.41) is 3.27. The smallest absolute Gasteiger partial charge is 0.257 e. The monoisotopic (exact) mass is 325 g/mol. The van der Waals surface area contributed by atoms with Crippen molar-refractivity contribution in [1.82, 2.24) is 9.36 Å². The zero-order valence-electron chi connectivity index (χ0n) is 12.5. The third-order valence-electron chi connectivity index (χ3n) is 3.24. The Bertz CT molecular complexity index is 802. The summed E-state index contributed by atoms with van der Waals surface area (Å²) in [6.45, 7) is 0.384. The van der Waals surface area contributed by atoms with Crippen molar-refractivity contribution in [3.05, 3.63) is 65.7 Å². The summed E-state index contributed by atoms with van der Waals surface area (Å²) in [5.41, 5.74) is 2.33. The molecule has 0 radical (unpaired) electrons. The highest BCUT2D eigenvalue weighted by Crippen LogP contribution is 2.21. The van der Waals surface area contributed by atoms with Gasteiger partial charge in [0.1, 0.15) is 0 Å². The lowest BCUT2D eigenvalue weighted by Crippen LogP contribution is -2.14. The second-order valence-electron chi connectivity index (χ2n) is 4.83. The summed E-state index contributed by atoms with van der Waals surface area (Å²) in [6, 6.07) is 17.0. The predicted octanol–water partition coefficient (Wildman–Crippen LogP) is 3.60. The second kappa shape index (κ2) is 7.13. The summed E-state index contributed by atoms with van der Waals surface area (Å²) < 4.78 is 9.41. The highest BCUT2D eigenvalue weighted by Gasteiger charge is 2.14. The SMILES string of the molecule is COCc1ccccc1C(=O)Nc1nc(-c2ccccc2)ns1. The molecule has 0 aliphatic rings. The minimum Gasteiger partial charge on any atom is -0.380 e. The van der Waals surface area contributed by atoms with Crippen molar-refractivity contribution >= 4 is 22.6 Å². The average Bonchev–Trinajstić information content (AvgIpc) is 3.05. The number of carbonyl (C=O) groups is 1. The van der Waals surface area contributed by atoms with E-state index in [-0.39, 0.29) is 5.91 Å². The van der Waals surface area contributed by atoms with Crippen molar-refractivity contribution in [2.24, 2.45) is 0 Å². The van der Waals surface area contributed by atoms with Gasteiger partial charge in [-0.25, -0.2) is 0 Å². The van der Waals surface area contributed by atoms with E-state index >= 15 is 0 Å². The number of ether oxygens (including phenoxy) is 1. The number of amides is 1. The average molecular weight is 325 g/mol. The van der Waals surface area contributed by atoms with Crippen LogP contribution < -0.4 is 5.32 Å². The molecular formula is C17H15N3O2S. The molecule has 5 nitrogen and oxygen atoms in total. The molecule has 3 rings (SSSR count). The van der Waals surface area contributed by atoms with E-state index in [1.807, 2.05) is 48.5 Å². The Hall–Kier alpha value is -2.57. The Morgan fingerprint density at radius 2 is 1.87 bits per heavy atom. The number of rotatable bonds is 5. The molecule has 0 saturated heterocycles. The summed E-state index contributed by atoms with van der Waals surface area (Å²) in [7, 11) is 1.60. The van der Waals surface area contributed by atoms with Crippen LogP contribution in [0.25, 0.3) is 11.4 Å². The maximum absolute atomic E-state index is 12.4. The topological polar surface area (TPSA) is 64.1 Å². The van der Waals surface area contributed by atoms with Crippen molar-refractivity contribution < 1.29 is 9.53 Å². The first-order valence-electron chi connectivity index (χ1n) is 7.05. The molecule has 0 unspecified atom stereocenters. The zero-order valence-corrected chi connectivity index (χ0v) is 13.3. The van der Waals surface area contributed by atoms with Gasteiger partial charge < -0.3 is 4.74 Å². The van der Waals surface area contributed by atoms with Gasteiger partial charge in [-0.3, -0.25) is 10.1 Å². The number of benzene rings is 2. The maximum atomic E-state index is 12.4. The van der Waals surface area contributed by atoms with E-state index in [4.69, 9.17) is 4.74 Å². The first-order chi connectivity index (χ1) is 11.3. The van der Waals surface area contributed by atoms with E-state index in [2.05, 4.69) is 14.7 Å². The Balaban J connectivity index is 1.78. The lowest BCUT2D eigenvalue weighted by molar-refractivity contribution is 0.102. The Morgan fingerprint density at radius 1 is 1.13 bits per heavy atom. The molecule has 6 heteroatoms. The molecule has 23 heavy (non-hydrogen) atoms. The molecule has 1 N–H and O–H groups in total. The van der Waals surface area contributed by atoms with Crippen molar-refractivity contribution in [3.63, 3.8) is 0 Å². The van der Waals surface area contributed by atoms with Gasteiger partial charge in [-0.2, -0.15) is 9.36 Å². The quantitative estimate of drug-likeness (QED) is 0.778. The summed E-state index contributed by atoms with van der Waals surface area (Å²) in [6.07, 6.45) is 0. The number of hydrogen-bond donors (Lipinski definition) is 1. The highest BCUT2D eigenvalue weighted by atomic mass is 32.1. The molecule has 1 heterocycles. The van der Waals surface area contributed by atoms with E-state index in [1.165, 1.54) is 0 Å². The van der Waals surface area contributed by atoms with Crippen LogP contribution in [0.3, 0.4) is 0 Å². The third-order valence-corrected chi connectivity index (χ3v) is 3.87. The van der Waals surface area contributed by atoms with Gasteiger partial charge in [0.25, 0.3) is 5.91 Å². The number of anilines is 1. The van der Waals surface area contributed by atoms with Gasteiger partial charge in [-0.15, -0.1) is 0 Å². The second-order valence-corrected chi connectivity index (χ2v) is 5.59. The Kier molecular flexibility index (Phi) is 4.75. The van der Waals surface area contributed by atoms with E-state index in [0.717, 1.165) is 22.7 Å². The lowest BCUT2D eigenvalue weighted by Gasteiger charge is -2.07. The van der Waals surface area contributed by atoms with Gasteiger partial charge in [-0.1, -0.05) is 48.5 Å². The van der Waals surface area contributed by atoms with Crippen molar-refractivity contribution in [2.75, 3.05) is 12.4 Å². The minimum atomic E-state index is -0.214. The van der Waals surface area contributed by atoms with E-state index in [9.17, 15) is 4.79 Å². The minimum absolute atomic E-state index is 0.214. The number of aromatic nitrogens is 2. The zero-order chi connectivity index (χ0) is 16.1. The van der Waals surface area contributed by atoms with Crippen molar-refractivity contribution in [3.8, 4) is 11.4 Å². The highest BCUT2D eigenvalue weighted by molar-refractivity contribution is 7.10. The standard InChI is InChI=1S/C17H15N3O2S/c1-22-11-13-9-5-6-10-14(13)16(21)19-17-18-15(20-23-17)12-7-3-2-4-8-12/h2-10H,11H2,1H3,(H,18,19,20,21). The number of nitrogens with zero attached hydrogens (tertiary/aromatic N) is 2. The van der Waals surface area contributed by atoms with Gasteiger partial charge >= 0.3 is 0 Å². The Morgan fingerprint density at radius 3 is 2.65 bits per heavy atom. The van der Waals surface area contributed by atoms with E-state index < -0.39 is 0 Å². The molecule has 0 fully saturated rings. The molecule has 0 bridgehead atoms. The largest absolute Gasteiger partial charge is 0.380 e. The molecular weight excluding hydrogens is 310 g/mol. The van der Waals surface area contributed by atoms with Gasteiger partial charge in [-0.05, 0) is 11.6 Å². The molecule has 0 aliphatic heterocycles. The van der Waals surface area contributed by atoms with Gasteiger partial charge in [0, 0.05) is 29.8 Å². The van der Waals surface area contributed by atoms with Crippen LogP contribution in [0.15, 0.2) is 54.6 Å². The van der Waals surface area contributed by atoms with Crippen LogP contribution >= 0.6 is 11.5 Å². The Labute approximate surface area is 138 Å². The first-order valence-corrected chi connectivity index (χ1v) is 7.82. The maximum Gasteiger partial charge on any atom is 0.257 e. The van der Waals surface area contributed by atoms with E-state index in [1.54, 1.807) is 13.2 Å². The molecule has 116 valence electrons. The fourth-order valence-corrected chi connectivity index (χ4v) is 2.75. The van der Waals surface area contributed by atoms with Crippen molar-refractivity contribution in [2.45, 2.75) is 6.61 Å². The van der Waals surface area contributed by atoms with Crippen LogP contribution in [0, 0.1) is 0 Å². The molecule has 2 aromatic carbocycles. The fraction of sp³-hybridized carbons (Fsp3) is 0.118. The summed E-state index contributed by atoms with van der Waals surface area (Å²) in [5.74, 6) is 0.393. The molecule has 0 aliphatic carbocycles. The molecule has 1 aromatic heterocycles. The van der Waals surface area contributed by atoms with Crippen LogP contribution in [0.1, 0.15) is 15.9 Å². The first kappa shape index (κ1) is 15.3. The fourth-order valence-electron chi connectivity index (χ4n) is 2.17. The van der Waals surface area contributed by atoms with Crippen LogP contribution in [0.5, 0.6) is 0 Å². The van der Waals surface area contributed by atoms with E-state index in [0.29, 0.717) is 23.1 Å². The van der Waals surface area contributed by atoms with Crippen LogP contribution in [-0.2, 0) is 11.3 Å². The normalized spacial score (nSPS) is 10.5.